The average molecular weight is 178 g/mol. The smallest absolute Gasteiger partial charge is 0.0219 e. The summed E-state index contributed by atoms with van der Waals surface area (Å²) in [5.74, 6) is 3.52. The Labute approximate surface area is 79.0 Å². The zero-order valence-corrected chi connectivity index (χ0v) is 8.00. The minimum Gasteiger partial charge on any atom is -0.325 e. The summed E-state index contributed by atoms with van der Waals surface area (Å²) in [6.45, 7) is 0. The number of nitrogens with two attached hydrogens (primary N) is 2. The van der Waals surface area contributed by atoms with E-state index in [1.54, 1.807) is 0 Å². The summed E-state index contributed by atoms with van der Waals surface area (Å²) >= 11 is 0. The van der Waals surface area contributed by atoms with E-state index in [0.29, 0.717) is 0 Å². The molecule has 0 heterocycles. The Bertz CT molecular complexity index is 290. The quantitative estimate of drug-likeness (QED) is 0.578. The van der Waals surface area contributed by atoms with Crippen molar-refractivity contribution in [3.8, 4) is 0 Å². The highest BCUT2D eigenvalue weighted by Gasteiger charge is 2.69. The highest BCUT2D eigenvalue weighted by Crippen LogP contribution is 2.69. The molecule has 4 saturated carbocycles. The topological polar surface area (TPSA) is 52.0 Å². The van der Waals surface area contributed by atoms with Gasteiger partial charge in [-0.15, -0.1) is 0 Å². The van der Waals surface area contributed by atoms with Gasteiger partial charge in [0.15, 0.2) is 0 Å². The van der Waals surface area contributed by atoms with Crippen molar-refractivity contribution in [1.82, 2.24) is 0 Å². The molecule has 2 heteroatoms. The van der Waals surface area contributed by atoms with E-state index in [4.69, 9.17) is 11.5 Å². The zero-order valence-electron chi connectivity index (χ0n) is 8.00. The van der Waals surface area contributed by atoms with Crippen LogP contribution in [-0.2, 0) is 0 Å². The molecule has 0 amide bonds. The van der Waals surface area contributed by atoms with Crippen molar-refractivity contribution in [2.24, 2.45) is 35.1 Å². The SMILES string of the molecule is NC12CC3CC(C3C1)C1(N)C[C@@H]1C2. The van der Waals surface area contributed by atoms with E-state index in [1.807, 2.05) is 0 Å². The van der Waals surface area contributed by atoms with Gasteiger partial charge in [-0.1, -0.05) is 0 Å². The summed E-state index contributed by atoms with van der Waals surface area (Å²) in [7, 11) is 0. The Kier molecular flexibility index (Phi) is 0.947. The lowest BCUT2D eigenvalue weighted by atomic mass is 9.62. The molecule has 4 aliphatic carbocycles. The first-order chi connectivity index (χ1) is 6.11. The molecule has 6 atom stereocenters. The van der Waals surface area contributed by atoms with Gasteiger partial charge in [0.1, 0.15) is 0 Å². The molecule has 0 aliphatic heterocycles. The van der Waals surface area contributed by atoms with Crippen LogP contribution in [0.1, 0.15) is 32.1 Å². The molecular weight excluding hydrogens is 160 g/mol. The molecule has 0 spiro atoms. The number of fused-ring (bicyclic) bond motifs is 3. The molecule has 72 valence electrons. The van der Waals surface area contributed by atoms with E-state index in [0.717, 1.165) is 23.7 Å². The van der Waals surface area contributed by atoms with Crippen molar-refractivity contribution in [2.45, 2.75) is 43.2 Å². The first kappa shape index (κ1) is 7.24. The summed E-state index contributed by atoms with van der Waals surface area (Å²) in [6, 6.07) is 0. The summed E-state index contributed by atoms with van der Waals surface area (Å²) in [6.07, 6.45) is 6.50. The van der Waals surface area contributed by atoms with E-state index in [-0.39, 0.29) is 11.1 Å². The van der Waals surface area contributed by atoms with Crippen LogP contribution in [0.15, 0.2) is 0 Å². The van der Waals surface area contributed by atoms with Gasteiger partial charge in [0.2, 0.25) is 0 Å². The second-order valence-corrected chi connectivity index (χ2v) is 6.25. The molecule has 4 aliphatic rings. The fraction of sp³-hybridized carbons (Fsp3) is 1.00. The van der Waals surface area contributed by atoms with Crippen LogP contribution in [0.4, 0.5) is 0 Å². The molecule has 2 bridgehead atoms. The maximum Gasteiger partial charge on any atom is 0.0219 e. The highest BCUT2D eigenvalue weighted by molar-refractivity contribution is 5.25. The Balaban J connectivity index is 1.79. The number of hydrogen-bond acceptors (Lipinski definition) is 2. The van der Waals surface area contributed by atoms with Crippen molar-refractivity contribution in [3.05, 3.63) is 0 Å². The van der Waals surface area contributed by atoms with Crippen molar-refractivity contribution in [3.63, 3.8) is 0 Å². The van der Waals surface area contributed by atoms with Gasteiger partial charge in [-0.3, -0.25) is 0 Å². The van der Waals surface area contributed by atoms with Crippen LogP contribution in [0, 0.1) is 23.7 Å². The van der Waals surface area contributed by atoms with E-state index < -0.39 is 0 Å². The normalized spacial score (nSPS) is 72.5. The maximum atomic E-state index is 6.44. The maximum absolute atomic E-state index is 6.44. The Morgan fingerprint density at radius 1 is 1.00 bits per heavy atom. The molecular formula is C11H18N2. The third kappa shape index (κ3) is 0.668. The van der Waals surface area contributed by atoms with Crippen LogP contribution in [0.25, 0.3) is 0 Å². The summed E-state index contributed by atoms with van der Waals surface area (Å²) in [5.41, 5.74) is 13.3. The number of hydrogen-bond donors (Lipinski definition) is 2. The van der Waals surface area contributed by atoms with Gasteiger partial charge >= 0.3 is 0 Å². The lowest BCUT2D eigenvalue weighted by Crippen LogP contribution is -2.48. The average Bonchev–Trinajstić information content (AvgIpc) is 2.55. The first-order valence-electron chi connectivity index (χ1n) is 5.69. The summed E-state index contributed by atoms with van der Waals surface area (Å²) in [5, 5.41) is 0. The Morgan fingerprint density at radius 2 is 1.85 bits per heavy atom. The van der Waals surface area contributed by atoms with Crippen LogP contribution in [0.3, 0.4) is 0 Å². The molecule has 0 radical (unpaired) electrons. The van der Waals surface area contributed by atoms with E-state index >= 15 is 0 Å². The molecule has 2 nitrogen and oxygen atoms in total. The Hall–Kier alpha value is -0.0800. The Morgan fingerprint density at radius 3 is 2.69 bits per heavy atom. The fourth-order valence-electron chi connectivity index (χ4n) is 4.79. The summed E-state index contributed by atoms with van der Waals surface area (Å²) in [4.78, 5) is 0. The predicted octanol–water partition coefficient (Wildman–Crippen LogP) is 0.851. The standard InChI is InChI=1S/C11H18N2/c12-10-2-6-1-9(8(6)5-10)11(13)4-7(11)3-10/h6-9H,1-5,12-13H2/t6?,7-,8?,9?,10?,11?/m0/s1. The first-order valence-corrected chi connectivity index (χ1v) is 5.69. The molecule has 0 aromatic rings. The third-order valence-corrected chi connectivity index (χ3v) is 5.53. The van der Waals surface area contributed by atoms with Crippen LogP contribution in [0.5, 0.6) is 0 Å². The van der Waals surface area contributed by atoms with Gasteiger partial charge in [-0.05, 0) is 55.8 Å². The molecule has 13 heavy (non-hydrogen) atoms. The van der Waals surface area contributed by atoms with Crippen LogP contribution in [-0.4, -0.2) is 11.1 Å². The molecule has 0 aromatic heterocycles. The number of rotatable bonds is 0. The highest BCUT2D eigenvalue weighted by atomic mass is 15.0. The van der Waals surface area contributed by atoms with Gasteiger partial charge in [0.25, 0.3) is 0 Å². The molecule has 4 rings (SSSR count). The van der Waals surface area contributed by atoms with E-state index in [9.17, 15) is 0 Å². The minimum absolute atomic E-state index is 0.201. The van der Waals surface area contributed by atoms with Gasteiger partial charge in [-0.25, -0.2) is 0 Å². The lowest BCUT2D eigenvalue weighted by molar-refractivity contribution is 0.0636. The van der Waals surface area contributed by atoms with Crippen molar-refractivity contribution >= 4 is 0 Å². The molecule has 4 N–H and O–H groups in total. The minimum atomic E-state index is 0.201. The van der Waals surface area contributed by atoms with Crippen molar-refractivity contribution < 1.29 is 0 Å². The molecule has 0 aromatic carbocycles. The van der Waals surface area contributed by atoms with Gasteiger partial charge in [-0.2, -0.15) is 0 Å². The van der Waals surface area contributed by atoms with Gasteiger partial charge in [0, 0.05) is 11.1 Å². The molecule has 5 unspecified atom stereocenters. The van der Waals surface area contributed by atoms with Crippen LogP contribution in [0.2, 0.25) is 0 Å². The lowest BCUT2D eigenvalue weighted by Gasteiger charge is -2.45. The van der Waals surface area contributed by atoms with Crippen molar-refractivity contribution in [2.75, 3.05) is 0 Å². The largest absolute Gasteiger partial charge is 0.325 e. The zero-order chi connectivity index (χ0) is 8.84. The third-order valence-electron chi connectivity index (χ3n) is 5.53. The monoisotopic (exact) mass is 178 g/mol. The van der Waals surface area contributed by atoms with Crippen LogP contribution < -0.4 is 11.5 Å². The predicted molar refractivity (Wildman–Crippen MR) is 50.9 cm³/mol. The van der Waals surface area contributed by atoms with E-state index in [1.165, 1.54) is 32.1 Å². The van der Waals surface area contributed by atoms with Crippen LogP contribution >= 0.6 is 0 Å². The van der Waals surface area contributed by atoms with E-state index in [2.05, 4.69) is 0 Å². The second kappa shape index (κ2) is 1.70. The van der Waals surface area contributed by atoms with Gasteiger partial charge < -0.3 is 11.5 Å². The molecule has 4 fully saturated rings. The fourth-order valence-corrected chi connectivity index (χ4v) is 4.79. The molecule has 0 saturated heterocycles. The van der Waals surface area contributed by atoms with Crippen molar-refractivity contribution in [1.29, 1.82) is 0 Å². The second-order valence-electron chi connectivity index (χ2n) is 6.25. The van der Waals surface area contributed by atoms with Gasteiger partial charge in [0.05, 0.1) is 0 Å². The summed E-state index contributed by atoms with van der Waals surface area (Å²) < 4.78 is 0.